The first-order valence-electron chi connectivity index (χ1n) is 3.38. The van der Waals surface area contributed by atoms with E-state index < -0.39 is 0 Å². The zero-order valence-electron chi connectivity index (χ0n) is 5.86. The van der Waals surface area contributed by atoms with Crippen LogP contribution in [0.1, 0.15) is 0 Å². The maximum absolute atomic E-state index is 2.18. The van der Waals surface area contributed by atoms with E-state index in [1.54, 1.807) is 20.7 Å². The highest BCUT2D eigenvalue weighted by Crippen LogP contribution is 2.24. The molecule has 0 bridgehead atoms. The first kappa shape index (κ1) is 6.95. The van der Waals surface area contributed by atoms with Gasteiger partial charge < -0.3 is 0 Å². The molecule has 0 saturated carbocycles. The number of hydrogen-bond acceptors (Lipinski definition) is 1. The van der Waals surface area contributed by atoms with Gasteiger partial charge in [-0.1, -0.05) is 30.3 Å². The van der Waals surface area contributed by atoms with Crippen molar-refractivity contribution in [1.29, 1.82) is 0 Å². The van der Waals surface area contributed by atoms with E-state index in [9.17, 15) is 0 Å². The highest BCUT2D eigenvalue weighted by atomic mass is 32.9. The minimum Gasteiger partial charge on any atom is -0.0622 e. The Kier molecular flexibility index (Phi) is 1.97. The van der Waals surface area contributed by atoms with Gasteiger partial charge in [-0.3, -0.25) is 0 Å². The third-order valence-electron chi connectivity index (χ3n) is 1.51. The van der Waals surface area contributed by atoms with Crippen LogP contribution in [-0.2, 0) is 0 Å². The lowest BCUT2D eigenvalue weighted by atomic mass is 10.1. The lowest BCUT2D eigenvalue weighted by molar-refractivity contribution is 1.68. The minimum absolute atomic E-state index is 1.31. The maximum atomic E-state index is 2.18. The van der Waals surface area contributed by atoms with Gasteiger partial charge in [-0.25, -0.2) is 0 Å². The number of benzene rings is 1. The second kappa shape index (κ2) is 3.11. The van der Waals surface area contributed by atoms with E-state index in [4.69, 9.17) is 0 Å². The smallest absolute Gasteiger partial charge is 0.0622 e. The standard InChI is InChI=1S/C9H7S2/c1-2-4-8(5-3-1)9-6-10-11-7-9/h1-7H/q+1. The second-order valence-corrected chi connectivity index (χ2v) is 4.26. The highest BCUT2D eigenvalue weighted by Gasteiger charge is 2.02. The van der Waals surface area contributed by atoms with Crippen molar-refractivity contribution >= 4 is 20.7 Å². The topological polar surface area (TPSA) is 0 Å². The fraction of sp³-hybridized carbons (Fsp3) is 0. The Morgan fingerprint density at radius 1 is 1.00 bits per heavy atom. The molecule has 0 atom stereocenters. The monoisotopic (exact) mass is 179 g/mol. The van der Waals surface area contributed by atoms with Crippen molar-refractivity contribution in [3.8, 4) is 11.1 Å². The summed E-state index contributed by atoms with van der Waals surface area (Å²) in [5, 5.41) is 4.36. The third kappa shape index (κ3) is 1.47. The Morgan fingerprint density at radius 2 is 1.82 bits per heavy atom. The molecule has 0 fully saturated rings. The van der Waals surface area contributed by atoms with Crippen LogP contribution in [0.3, 0.4) is 0 Å². The van der Waals surface area contributed by atoms with Crippen molar-refractivity contribution in [3.05, 3.63) is 41.1 Å². The van der Waals surface area contributed by atoms with Crippen molar-refractivity contribution in [2.24, 2.45) is 0 Å². The van der Waals surface area contributed by atoms with E-state index in [1.165, 1.54) is 11.1 Å². The van der Waals surface area contributed by atoms with Crippen LogP contribution in [0, 0.1) is 0 Å². The molecule has 0 unspecified atom stereocenters. The van der Waals surface area contributed by atoms with Gasteiger partial charge in [-0.2, -0.15) is 0 Å². The highest BCUT2D eigenvalue weighted by molar-refractivity contribution is 7.68. The van der Waals surface area contributed by atoms with Crippen molar-refractivity contribution < 1.29 is 0 Å². The molecule has 0 spiro atoms. The van der Waals surface area contributed by atoms with Crippen LogP contribution < -0.4 is 0 Å². The van der Waals surface area contributed by atoms with Crippen LogP contribution in [-0.4, -0.2) is 0 Å². The van der Waals surface area contributed by atoms with Gasteiger partial charge in [-0.15, -0.1) is 0 Å². The normalized spacial score (nSPS) is 9.82. The molecule has 1 heterocycles. The Labute approximate surface area is 73.2 Å². The van der Waals surface area contributed by atoms with Crippen LogP contribution in [0.2, 0.25) is 0 Å². The van der Waals surface area contributed by atoms with Crippen LogP contribution in [0.25, 0.3) is 11.1 Å². The molecule has 1 aromatic heterocycles. The number of hydrogen-bond donors (Lipinski definition) is 0. The van der Waals surface area contributed by atoms with Gasteiger partial charge in [0.15, 0.2) is 10.3 Å². The van der Waals surface area contributed by atoms with E-state index in [-0.39, 0.29) is 0 Å². The summed E-state index contributed by atoms with van der Waals surface area (Å²) >= 11 is 0. The average molecular weight is 179 g/mol. The van der Waals surface area contributed by atoms with Crippen LogP contribution in [0.15, 0.2) is 41.1 Å². The molecule has 2 rings (SSSR count). The van der Waals surface area contributed by atoms with Gasteiger partial charge >= 0.3 is 0 Å². The first-order chi connectivity index (χ1) is 5.47. The Hall–Kier alpha value is -0.730. The van der Waals surface area contributed by atoms with Crippen molar-refractivity contribution in [3.63, 3.8) is 0 Å². The zero-order valence-corrected chi connectivity index (χ0v) is 7.49. The number of rotatable bonds is 1. The molecule has 1 aromatic carbocycles. The van der Waals surface area contributed by atoms with Crippen molar-refractivity contribution in [1.82, 2.24) is 0 Å². The molecule has 2 aromatic rings. The lowest BCUT2D eigenvalue weighted by Gasteiger charge is -1.90. The van der Waals surface area contributed by atoms with Crippen LogP contribution >= 0.6 is 20.7 Å². The lowest BCUT2D eigenvalue weighted by Crippen LogP contribution is -1.68. The van der Waals surface area contributed by atoms with E-state index in [0.717, 1.165) is 0 Å². The van der Waals surface area contributed by atoms with Gasteiger partial charge in [0.05, 0.1) is 10.9 Å². The Morgan fingerprint density at radius 3 is 2.45 bits per heavy atom. The Bertz CT molecular complexity index is 311. The molecular formula is C9H7S2+. The first-order valence-corrected chi connectivity index (χ1v) is 5.65. The molecule has 0 nitrogen and oxygen atoms in total. The fourth-order valence-corrected chi connectivity index (χ4v) is 2.72. The molecule has 11 heavy (non-hydrogen) atoms. The predicted octanol–water partition coefficient (Wildman–Crippen LogP) is 3.76. The van der Waals surface area contributed by atoms with E-state index in [0.29, 0.717) is 0 Å². The Balaban J connectivity index is 2.46. The van der Waals surface area contributed by atoms with Gasteiger partial charge in [0.25, 0.3) is 10.3 Å². The minimum atomic E-state index is 1.31. The average Bonchev–Trinajstić information content (AvgIpc) is 2.58. The van der Waals surface area contributed by atoms with Crippen molar-refractivity contribution in [2.45, 2.75) is 0 Å². The maximum Gasteiger partial charge on any atom is 0.292 e. The van der Waals surface area contributed by atoms with Gasteiger partial charge in [0, 0.05) is 0 Å². The molecule has 0 aliphatic carbocycles. The third-order valence-corrected chi connectivity index (χ3v) is 3.23. The summed E-state index contributed by atoms with van der Waals surface area (Å²) in [5.41, 5.74) is 2.64. The van der Waals surface area contributed by atoms with E-state index >= 15 is 0 Å². The predicted molar refractivity (Wildman–Crippen MR) is 52.0 cm³/mol. The van der Waals surface area contributed by atoms with Gasteiger partial charge in [0.1, 0.15) is 0 Å². The van der Waals surface area contributed by atoms with Crippen molar-refractivity contribution in [2.75, 3.05) is 0 Å². The fourth-order valence-electron chi connectivity index (χ4n) is 0.954. The molecule has 0 saturated heterocycles. The summed E-state index contributed by atoms with van der Waals surface area (Å²) in [6, 6.07) is 10.4. The SMILES string of the molecule is c1ccc(-c2cs[s+]c2)cc1. The second-order valence-electron chi connectivity index (χ2n) is 2.25. The molecule has 0 aliphatic rings. The molecule has 0 amide bonds. The molecule has 0 radical (unpaired) electrons. The van der Waals surface area contributed by atoms with Crippen LogP contribution in [0.5, 0.6) is 0 Å². The molecular weight excluding hydrogens is 172 g/mol. The summed E-state index contributed by atoms with van der Waals surface area (Å²) in [4.78, 5) is 0. The largest absolute Gasteiger partial charge is 0.292 e. The summed E-state index contributed by atoms with van der Waals surface area (Å²) in [5.74, 6) is 0. The van der Waals surface area contributed by atoms with E-state index in [1.807, 2.05) is 6.07 Å². The summed E-state index contributed by atoms with van der Waals surface area (Å²) in [7, 11) is 3.55. The summed E-state index contributed by atoms with van der Waals surface area (Å²) < 4.78 is 0. The van der Waals surface area contributed by atoms with E-state index in [2.05, 4.69) is 35.0 Å². The quantitative estimate of drug-likeness (QED) is 0.462. The van der Waals surface area contributed by atoms with Gasteiger partial charge in [0.2, 0.25) is 5.38 Å². The van der Waals surface area contributed by atoms with Gasteiger partial charge in [-0.05, 0) is 5.56 Å². The summed E-state index contributed by atoms with van der Waals surface area (Å²) in [6.07, 6.45) is 0. The molecule has 0 aliphatic heterocycles. The van der Waals surface area contributed by atoms with Crippen LogP contribution in [0.4, 0.5) is 0 Å². The summed E-state index contributed by atoms with van der Waals surface area (Å²) in [6.45, 7) is 0. The molecule has 2 heteroatoms. The molecule has 54 valence electrons. The molecule has 0 N–H and O–H groups in total. The zero-order chi connectivity index (χ0) is 7.52.